The summed E-state index contributed by atoms with van der Waals surface area (Å²) in [5.74, 6) is 0. The van der Waals surface area contributed by atoms with Gasteiger partial charge in [-0.3, -0.25) is 0 Å². The van der Waals surface area contributed by atoms with Gasteiger partial charge in [0.25, 0.3) is 0 Å². The van der Waals surface area contributed by atoms with Gasteiger partial charge in [0.1, 0.15) is 0 Å². The van der Waals surface area contributed by atoms with Gasteiger partial charge in [-0.2, -0.15) is 0 Å². The molecule has 0 radical (unpaired) electrons. The fourth-order valence-electron chi connectivity index (χ4n) is 2.37. The van der Waals surface area contributed by atoms with E-state index in [1.807, 2.05) is 26.2 Å². The monoisotopic (exact) mass is 312 g/mol. The minimum absolute atomic E-state index is 0. The highest BCUT2D eigenvalue weighted by atomic mass is 35.5. The third-order valence-corrected chi connectivity index (χ3v) is 3.27. The standard InChI is InChI=1S/C16H20N2.2ClH/c1-17-15(13-9-5-3-6-10-13)16(18-2)14-11-7-4-8-12-14;;/h3-12,15-18H,1-2H3;2*1H/t15-,16-;;/m0../s1. The van der Waals surface area contributed by atoms with Crippen LogP contribution >= 0.6 is 24.8 Å². The molecule has 0 saturated carbocycles. The molecule has 0 aliphatic rings. The normalized spacial score (nSPS) is 12.7. The van der Waals surface area contributed by atoms with Crippen LogP contribution in [-0.2, 0) is 0 Å². The Kier molecular flexibility index (Phi) is 9.26. The first-order valence-electron chi connectivity index (χ1n) is 6.31. The van der Waals surface area contributed by atoms with Gasteiger partial charge in [0.2, 0.25) is 0 Å². The zero-order valence-electron chi connectivity index (χ0n) is 11.7. The fourth-order valence-corrected chi connectivity index (χ4v) is 2.37. The van der Waals surface area contributed by atoms with E-state index in [1.165, 1.54) is 11.1 Å². The Morgan fingerprint density at radius 3 is 1.15 bits per heavy atom. The second kappa shape index (κ2) is 9.78. The molecule has 0 bridgehead atoms. The highest BCUT2D eigenvalue weighted by Gasteiger charge is 2.21. The van der Waals surface area contributed by atoms with Crippen LogP contribution in [0.5, 0.6) is 0 Å². The molecule has 0 unspecified atom stereocenters. The minimum atomic E-state index is 0. The summed E-state index contributed by atoms with van der Waals surface area (Å²) in [6.07, 6.45) is 0. The second-order valence-corrected chi connectivity index (χ2v) is 4.35. The number of likely N-dealkylation sites (N-methyl/N-ethyl adjacent to an activating group) is 2. The van der Waals surface area contributed by atoms with E-state index in [0.29, 0.717) is 0 Å². The van der Waals surface area contributed by atoms with Gasteiger partial charge in [0.05, 0.1) is 12.1 Å². The van der Waals surface area contributed by atoms with Crippen LogP contribution in [-0.4, -0.2) is 14.1 Å². The average Bonchev–Trinajstić information content (AvgIpc) is 2.46. The van der Waals surface area contributed by atoms with Gasteiger partial charge in [0.15, 0.2) is 0 Å². The summed E-state index contributed by atoms with van der Waals surface area (Å²) in [6, 6.07) is 21.6. The number of rotatable bonds is 5. The first-order valence-corrected chi connectivity index (χ1v) is 6.31. The van der Waals surface area contributed by atoms with E-state index in [1.54, 1.807) is 0 Å². The van der Waals surface area contributed by atoms with E-state index in [0.717, 1.165) is 0 Å². The fraction of sp³-hybridized carbons (Fsp3) is 0.250. The van der Waals surface area contributed by atoms with E-state index in [-0.39, 0.29) is 36.9 Å². The summed E-state index contributed by atoms with van der Waals surface area (Å²) in [4.78, 5) is 0. The highest BCUT2D eigenvalue weighted by molar-refractivity contribution is 5.85. The van der Waals surface area contributed by atoms with E-state index < -0.39 is 0 Å². The Morgan fingerprint density at radius 1 is 0.600 bits per heavy atom. The van der Waals surface area contributed by atoms with Crippen molar-refractivity contribution in [3.05, 3.63) is 71.8 Å². The first-order chi connectivity index (χ1) is 8.86. The van der Waals surface area contributed by atoms with Gasteiger partial charge in [-0.15, -0.1) is 24.8 Å². The molecule has 0 saturated heterocycles. The molecule has 2 aromatic rings. The molecule has 20 heavy (non-hydrogen) atoms. The van der Waals surface area contributed by atoms with Gasteiger partial charge in [-0.05, 0) is 25.2 Å². The number of benzene rings is 2. The van der Waals surface area contributed by atoms with Crippen molar-refractivity contribution in [3.8, 4) is 0 Å². The maximum absolute atomic E-state index is 3.41. The summed E-state index contributed by atoms with van der Waals surface area (Å²) < 4.78 is 0. The topological polar surface area (TPSA) is 24.1 Å². The lowest BCUT2D eigenvalue weighted by Crippen LogP contribution is -2.31. The number of halogens is 2. The first kappa shape index (κ1) is 18.9. The van der Waals surface area contributed by atoms with Crippen molar-refractivity contribution >= 4 is 24.8 Å². The molecule has 0 spiro atoms. The zero-order chi connectivity index (χ0) is 12.8. The lowest BCUT2D eigenvalue weighted by molar-refractivity contribution is 0.432. The zero-order valence-corrected chi connectivity index (χ0v) is 13.4. The van der Waals surface area contributed by atoms with E-state index >= 15 is 0 Å². The maximum Gasteiger partial charge on any atom is 0.0515 e. The molecule has 0 aromatic heterocycles. The maximum atomic E-state index is 3.41. The summed E-state index contributed by atoms with van der Waals surface area (Å²) in [6.45, 7) is 0. The van der Waals surface area contributed by atoms with Crippen LogP contribution in [0.15, 0.2) is 60.7 Å². The van der Waals surface area contributed by atoms with Gasteiger partial charge >= 0.3 is 0 Å². The second-order valence-electron chi connectivity index (χ2n) is 4.35. The highest BCUT2D eigenvalue weighted by Crippen LogP contribution is 2.27. The van der Waals surface area contributed by atoms with Crippen LogP contribution in [0.4, 0.5) is 0 Å². The summed E-state index contributed by atoms with van der Waals surface area (Å²) in [5, 5.41) is 6.81. The largest absolute Gasteiger partial charge is 0.311 e. The van der Waals surface area contributed by atoms with Gasteiger partial charge in [-0.25, -0.2) is 0 Å². The molecule has 2 N–H and O–H groups in total. The molecular formula is C16H22Cl2N2. The average molecular weight is 313 g/mol. The Hall–Kier alpha value is -1.06. The lowest BCUT2D eigenvalue weighted by atomic mass is 9.93. The Balaban J connectivity index is 0.00000180. The van der Waals surface area contributed by atoms with Crippen LogP contribution < -0.4 is 10.6 Å². The Labute approximate surface area is 133 Å². The summed E-state index contributed by atoms with van der Waals surface area (Å²) in [5.41, 5.74) is 2.59. The summed E-state index contributed by atoms with van der Waals surface area (Å²) >= 11 is 0. The van der Waals surface area contributed by atoms with E-state index in [9.17, 15) is 0 Å². The van der Waals surface area contributed by atoms with Crippen LogP contribution in [0.3, 0.4) is 0 Å². The smallest absolute Gasteiger partial charge is 0.0515 e. The molecule has 4 heteroatoms. The third-order valence-electron chi connectivity index (χ3n) is 3.27. The molecular weight excluding hydrogens is 291 g/mol. The van der Waals surface area contributed by atoms with Gasteiger partial charge in [0, 0.05) is 0 Å². The van der Waals surface area contributed by atoms with Gasteiger partial charge < -0.3 is 10.6 Å². The lowest BCUT2D eigenvalue weighted by Gasteiger charge is -2.27. The molecule has 2 nitrogen and oxygen atoms in total. The number of hydrogen-bond donors (Lipinski definition) is 2. The van der Waals surface area contributed by atoms with Crippen molar-refractivity contribution in [2.75, 3.05) is 14.1 Å². The molecule has 0 heterocycles. The van der Waals surface area contributed by atoms with Crippen molar-refractivity contribution < 1.29 is 0 Å². The van der Waals surface area contributed by atoms with Crippen LogP contribution in [0, 0.1) is 0 Å². The predicted octanol–water partition coefficient (Wildman–Crippen LogP) is 3.75. The molecule has 0 fully saturated rings. The molecule has 0 amide bonds. The summed E-state index contributed by atoms with van der Waals surface area (Å²) in [7, 11) is 4.01. The van der Waals surface area contributed by atoms with Crippen molar-refractivity contribution in [1.29, 1.82) is 0 Å². The molecule has 2 aromatic carbocycles. The molecule has 2 atom stereocenters. The quantitative estimate of drug-likeness (QED) is 0.878. The van der Waals surface area contributed by atoms with Crippen molar-refractivity contribution in [1.82, 2.24) is 10.6 Å². The van der Waals surface area contributed by atoms with E-state index in [4.69, 9.17) is 0 Å². The van der Waals surface area contributed by atoms with Crippen molar-refractivity contribution in [3.63, 3.8) is 0 Å². The van der Waals surface area contributed by atoms with Crippen molar-refractivity contribution in [2.45, 2.75) is 12.1 Å². The predicted molar refractivity (Wildman–Crippen MR) is 91.0 cm³/mol. The van der Waals surface area contributed by atoms with Crippen LogP contribution in [0.2, 0.25) is 0 Å². The number of hydrogen-bond acceptors (Lipinski definition) is 2. The van der Waals surface area contributed by atoms with E-state index in [2.05, 4.69) is 59.2 Å². The number of nitrogens with one attached hydrogen (secondary N) is 2. The molecule has 0 aliphatic heterocycles. The van der Waals surface area contributed by atoms with Crippen molar-refractivity contribution in [2.24, 2.45) is 0 Å². The van der Waals surface area contributed by atoms with Crippen LogP contribution in [0.1, 0.15) is 23.2 Å². The minimum Gasteiger partial charge on any atom is -0.311 e. The molecule has 110 valence electrons. The Bertz CT molecular complexity index is 417. The Morgan fingerprint density at radius 2 is 0.900 bits per heavy atom. The third kappa shape index (κ3) is 4.50. The van der Waals surface area contributed by atoms with Gasteiger partial charge in [-0.1, -0.05) is 60.7 Å². The molecule has 0 aliphatic carbocycles. The molecule has 2 rings (SSSR count). The van der Waals surface area contributed by atoms with Crippen LogP contribution in [0.25, 0.3) is 0 Å². The SMILES string of the molecule is CN[C@@H](c1ccccc1)[C@@H](NC)c1ccccc1.Cl.Cl.